The normalized spacial score (nSPS) is 23.2. The Morgan fingerprint density at radius 3 is 2.21 bits per heavy atom. The van der Waals surface area contributed by atoms with Crippen LogP contribution in [0.4, 0.5) is 0 Å². The average molecular weight is 290 g/mol. The standard InChI is InChI=1S/C14H27N3O.ClH/c1-12-2-9-17(10-3-12)14(18)13-4-7-16(8-5-13)11-6-15;/h12-13H,2-11,15H2,1H3;1H. The first-order chi connectivity index (χ1) is 8.70. The van der Waals surface area contributed by atoms with Crippen molar-refractivity contribution in [3.63, 3.8) is 0 Å². The Bertz CT molecular complexity index is 272. The van der Waals surface area contributed by atoms with Crippen LogP contribution in [0.1, 0.15) is 32.6 Å². The van der Waals surface area contributed by atoms with E-state index in [2.05, 4.69) is 16.7 Å². The van der Waals surface area contributed by atoms with Crippen molar-refractivity contribution in [2.24, 2.45) is 17.6 Å². The minimum Gasteiger partial charge on any atom is -0.342 e. The van der Waals surface area contributed by atoms with Crippen LogP contribution < -0.4 is 5.73 Å². The van der Waals surface area contributed by atoms with Gasteiger partial charge in [0, 0.05) is 32.1 Å². The monoisotopic (exact) mass is 289 g/mol. The second kappa shape index (κ2) is 8.08. The van der Waals surface area contributed by atoms with Crippen LogP contribution in [0.25, 0.3) is 0 Å². The second-order valence-corrected chi connectivity index (χ2v) is 5.91. The predicted molar refractivity (Wildman–Crippen MR) is 80.4 cm³/mol. The summed E-state index contributed by atoms with van der Waals surface area (Å²) in [6.45, 7) is 8.01. The van der Waals surface area contributed by atoms with Crippen LogP contribution >= 0.6 is 12.4 Å². The average Bonchev–Trinajstić information content (AvgIpc) is 2.40. The minimum atomic E-state index is 0. The van der Waals surface area contributed by atoms with Crippen molar-refractivity contribution in [1.82, 2.24) is 9.80 Å². The third kappa shape index (κ3) is 4.62. The Morgan fingerprint density at radius 1 is 1.11 bits per heavy atom. The number of halogens is 1. The molecule has 5 heteroatoms. The molecule has 0 atom stereocenters. The van der Waals surface area contributed by atoms with Crippen molar-refractivity contribution in [2.45, 2.75) is 32.6 Å². The molecule has 0 saturated carbocycles. The lowest BCUT2D eigenvalue weighted by atomic mass is 9.93. The van der Waals surface area contributed by atoms with Gasteiger partial charge in [-0.3, -0.25) is 4.79 Å². The fraction of sp³-hybridized carbons (Fsp3) is 0.929. The molecule has 0 aliphatic carbocycles. The molecule has 0 aromatic heterocycles. The summed E-state index contributed by atoms with van der Waals surface area (Å²) in [5.41, 5.74) is 5.57. The Balaban J connectivity index is 0.00000180. The fourth-order valence-electron chi connectivity index (χ4n) is 3.07. The molecule has 0 spiro atoms. The Kier molecular flexibility index (Phi) is 7.11. The Morgan fingerprint density at radius 2 is 1.68 bits per heavy atom. The van der Waals surface area contributed by atoms with E-state index in [4.69, 9.17) is 5.73 Å². The molecule has 19 heavy (non-hydrogen) atoms. The van der Waals surface area contributed by atoms with E-state index in [0.717, 1.165) is 58.0 Å². The number of hydrogen-bond acceptors (Lipinski definition) is 3. The van der Waals surface area contributed by atoms with Gasteiger partial charge in [-0.05, 0) is 44.7 Å². The molecule has 4 nitrogen and oxygen atoms in total. The maximum atomic E-state index is 12.4. The number of hydrogen-bond donors (Lipinski definition) is 1. The maximum Gasteiger partial charge on any atom is 0.225 e. The van der Waals surface area contributed by atoms with Gasteiger partial charge in [0.1, 0.15) is 0 Å². The first-order valence-electron chi connectivity index (χ1n) is 7.42. The van der Waals surface area contributed by atoms with Crippen LogP contribution in [0.3, 0.4) is 0 Å². The molecule has 2 heterocycles. The topological polar surface area (TPSA) is 49.6 Å². The summed E-state index contributed by atoms with van der Waals surface area (Å²) in [6.07, 6.45) is 4.39. The van der Waals surface area contributed by atoms with Crippen molar-refractivity contribution in [3.8, 4) is 0 Å². The summed E-state index contributed by atoms with van der Waals surface area (Å²) < 4.78 is 0. The van der Waals surface area contributed by atoms with Gasteiger partial charge in [0.15, 0.2) is 0 Å². The van der Waals surface area contributed by atoms with Gasteiger partial charge in [0.2, 0.25) is 5.91 Å². The second-order valence-electron chi connectivity index (χ2n) is 5.91. The third-order valence-electron chi connectivity index (χ3n) is 4.48. The quantitative estimate of drug-likeness (QED) is 0.853. The van der Waals surface area contributed by atoms with Crippen LogP contribution in [0.5, 0.6) is 0 Å². The Labute approximate surface area is 123 Å². The predicted octanol–water partition coefficient (Wildman–Crippen LogP) is 1.34. The number of rotatable bonds is 3. The van der Waals surface area contributed by atoms with Gasteiger partial charge in [-0.25, -0.2) is 0 Å². The van der Waals surface area contributed by atoms with Gasteiger partial charge in [-0.2, -0.15) is 0 Å². The smallest absolute Gasteiger partial charge is 0.225 e. The van der Waals surface area contributed by atoms with E-state index in [1.807, 2.05) is 0 Å². The van der Waals surface area contributed by atoms with Gasteiger partial charge < -0.3 is 15.5 Å². The number of carbonyl (C=O) groups excluding carboxylic acids is 1. The van der Waals surface area contributed by atoms with Crippen molar-refractivity contribution >= 4 is 18.3 Å². The zero-order valence-corrected chi connectivity index (χ0v) is 12.8. The molecular weight excluding hydrogens is 262 g/mol. The maximum absolute atomic E-state index is 12.4. The molecule has 2 aliphatic heterocycles. The molecule has 0 aromatic rings. The number of nitrogens with zero attached hydrogens (tertiary/aromatic N) is 2. The first-order valence-corrected chi connectivity index (χ1v) is 7.42. The highest BCUT2D eigenvalue weighted by molar-refractivity contribution is 5.85. The van der Waals surface area contributed by atoms with E-state index in [0.29, 0.717) is 5.91 Å². The Hall–Kier alpha value is -0.320. The number of carbonyl (C=O) groups is 1. The third-order valence-corrected chi connectivity index (χ3v) is 4.48. The van der Waals surface area contributed by atoms with Gasteiger partial charge >= 0.3 is 0 Å². The zero-order chi connectivity index (χ0) is 13.0. The van der Waals surface area contributed by atoms with E-state index in [9.17, 15) is 4.79 Å². The molecule has 2 fully saturated rings. The van der Waals surface area contributed by atoms with Gasteiger partial charge in [0.05, 0.1) is 0 Å². The van der Waals surface area contributed by atoms with Crippen molar-refractivity contribution in [1.29, 1.82) is 0 Å². The number of amides is 1. The van der Waals surface area contributed by atoms with Crippen LogP contribution in [0.15, 0.2) is 0 Å². The highest BCUT2D eigenvalue weighted by Crippen LogP contribution is 2.23. The van der Waals surface area contributed by atoms with Crippen molar-refractivity contribution < 1.29 is 4.79 Å². The summed E-state index contributed by atoms with van der Waals surface area (Å²) in [6, 6.07) is 0. The van der Waals surface area contributed by atoms with E-state index in [1.54, 1.807) is 0 Å². The van der Waals surface area contributed by atoms with E-state index in [-0.39, 0.29) is 18.3 Å². The SMILES string of the molecule is CC1CCN(C(=O)C2CCN(CCN)CC2)CC1.Cl. The number of nitrogens with two attached hydrogens (primary N) is 1. The van der Waals surface area contributed by atoms with E-state index in [1.165, 1.54) is 12.8 Å². The van der Waals surface area contributed by atoms with Crippen LogP contribution in [0, 0.1) is 11.8 Å². The molecule has 0 aromatic carbocycles. The molecule has 2 aliphatic rings. The summed E-state index contributed by atoms with van der Waals surface area (Å²) in [5, 5.41) is 0. The number of likely N-dealkylation sites (tertiary alicyclic amines) is 2. The molecular formula is C14H28ClN3O. The van der Waals surface area contributed by atoms with E-state index < -0.39 is 0 Å². The van der Waals surface area contributed by atoms with Crippen molar-refractivity contribution in [2.75, 3.05) is 39.3 Å². The lowest BCUT2D eigenvalue weighted by Gasteiger charge is -2.36. The summed E-state index contributed by atoms with van der Waals surface area (Å²) in [4.78, 5) is 16.9. The molecule has 112 valence electrons. The van der Waals surface area contributed by atoms with Gasteiger partial charge in [-0.1, -0.05) is 6.92 Å². The summed E-state index contributed by atoms with van der Waals surface area (Å²) >= 11 is 0. The van der Waals surface area contributed by atoms with Crippen LogP contribution in [-0.2, 0) is 4.79 Å². The minimum absolute atomic E-state index is 0. The van der Waals surface area contributed by atoms with Gasteiger partial charge in [0.25, 0.3) is 0 Å². The van der Waals surface area contributed by atoms with E-state index >= 15 is 0 Å². The molecule has 2 saturated heterocycles. The summed E-state index contributed by atoms with van der Waals surface area (Å²) in [5.74, 6) is 1.47. The highest BCUT2D eigenvalue weighted by Gasteiger charge is 2.29. The lowest BCUT2D eigenvalue weighted by molar-refractivity contribution is -0.138. The first kappa shape index (κ1) is 16.7. The van der Waals surface area contributed by atoms with Crippen LogP contribution in [-0.4, -0.2) is 55.0 Å². The highest BCUT2D eigenvalue weighted by atomic mass is 35.5. The molecule has 2 N–H and O–H groups in total. The molecule has 2 rings (SSSR count). The van der Waals surface area contributed by atoms with Crippen molar-refractivity contribution in [3.05, 3.63) is 0 Å². The zero-order valence-electron chi connectivity index (χ0n) is 12.0. The fourth-order valence-corrected chi connectivity index (χ4v) is 3.07. The molecule has 1 amide bonds. The molecule has 0 bridgehead atoms. The molecule has 0 radical (unpaired) electrons. The number of piperidine rings is 2. The van der Waals surface area contributed by atoms with Gasteiger partial charge in [-0.15, -0.1) is 12.4 Å². The molecule has 0 unspecified atom stereocenters. The summed E-state index contributed by atoms with van der Waals surface area (Å²) in [7, 11) is 0. The lowest BCUT2D eigenvalue weighted by Crippen LogP contribution is -2.45. The largest absolute Gasteiger partial charge is 0.342 e. The van der Waals surface area contributed by atoms with Crippen LogP contribution in [0.2, 0.25) is 0 Å².